The van der Waals surface area contributed by atoms with Gasteiger partial charge in [0.25, 0.3) is 5.69 Å². The number of nitrogens with one attached hydrogen (secondary N) is 2. The van der Waals surface area contributed by atoms with Crippen molar-refractivity contribution in [2.75, 3.05) is 6.61 Å². The lowest BCUT2D eigenvalue weighted by Gasteiger charge is -2.21. The van der Waals surface area contributed by atoms with E-state index in [0.717, 1.165) is 0 Å². The van der Waals surface area contributed by atoms with Crippen LogP contribution in [0.2, 0.25) is 0 Å². The van der Waals surface area contributed by atoms with Crippen LogP contribution in [0.4, 0.5) is 14.9 Å². The molecule has 3 N–H and O–H groups in total. The van der Waals surface area contributed by atoms with Gasteiger partial charge in [0.2, 0.25) is 5.91 Å². The van der Waals surface area contributed by atoms with Gasteiger partial charge in [0.05, 0.1) is 11.5 Å². The summed E-state index contributed by atoms with van der Waals surface area (Å²) in [6.07, 6.45) is -1.05. The third-order valence-corrected chi connectivity index (χ3v) is 4.44. The summed E-state index contributed by atoms with van der Waals surface area (Å²) in [5, 5.41) is 25.0. The summed E-state index contributed by atoms with van der Waals surface area (Å²) in [6.45, 7) is 1.63. The van der Waals surface area contributed by atoms with Gasteiger partial charge in [-0.2, -0.15) is 0 Å². The monoisotopic (exact) mass is 447 g/mol. The van der Waals surface area contributed by atoms with Crippen molar-refractivity contribution >= 4 is 23.7 Å². The van der Waals surface area contributed by atoms with Gasteiger partial charge in [-0.3, -0.25) is 14.9 Å². The van der Waals surface area contributed by atoms with Crippen molar-refractivity contribution in [1.29, 1.82) is 0 Å². The Kier molecular flexibility index (Phi) is 8.63. The maximum atomic E-state index is 13.1. The summed E-state index contributed by atoms with van der Waals surface area (Å²) in [7, 11) is 0. The van der Waals surface area contributed by atoms with Crippen LogP contribution in [0.1, 0.15) is 18.1 Å². The van der Waals surface area contributed by atoms with E-state index in [1.165, 1.54) is 48.5 Å². The highest BCUT2D eigenvalue weighted by Gasteiger charge is 2.27. The molecule has 0 saturated carbocycles. The van der Waals surface area contributed by atoms with Crippen LogP contribution in [-0.4, -0.2) is 46.7 Å². The number of ether oxygens (including phenoxy) is 1. The number of hydrogen-bond acceptors (Lipinski definition) is 6. The number of aliphatic carboxylic acids is 1. The van der Waals surface area contributed by atoms with E-state index in [1.54, 1.807) is 6.92 Å². The third-order valence-electron chi connectivity index (χ3n) is 4.44. The fraction of sp³-hybridized carbons (Fsp3) is 0.286. The SMILES string of the molecule is CCOC(=O)NC(Cc1ccc([N+](=O)[O-])cc1)C(=O)NC(Cc1ccc(F)cc1)C(=O)O. The number of carbonyl (C=O) groups excluding carboxylic acids is 2. The van der Waals surface area contributed by atoms with E-state index in [0.29, 0.717) is 11.1 Å². The average Bonchev–Trinajstić information content (AvgIpc) is 2.74. The molecule has 32 heavy (non-hydrogen) atoms. The number of rotatable bonds is 10. The molecule has 0 spiro atoms. The van der Waals surface area contributed by atoms with E-state index in [1.807, 2.05) is 0 Å². The van der Waals surface area contributed by atoms with Crippen LogP contribution in [0.5, 0.6) is 0 Å². The molecule has 0 bridgehead atoms. The van der Waals surface area contributed by atoms with Gasteiger partial charge in [-0.25, -0.2) is 14.0 Å². The van der Waals surface area contributed by atoms with Gasteiger partial charge < -0.3 is 20.5 Å². The molecule has 0 aromatic heterocycles. The quantitative estimate of drug-likeness (QED) is 0.373. The summed E-state index contributed by atoms with van der Waals surface area (Å²) < 4.78 is 17.9. The molecule has 0 aliphatic heterocycles. The molecule has 2 amide bonds. The average molecular weight is 447 g/mol. The molecular formula is C21H22FN3O7. The lowest BCUT2D eigenvalue weighted by molar-refractivity contribution is -0.384. The van der Waals surface area contributed by atoms with Crippen molar-refractivity contribution in [3.8, 4) is 0 Å². The number of non-ortho nitro benzene ring substituents is 1. The van der Waals surface area contributed by atoms with Crippen molar-refractivity contribution in [1.82, 2.24) is 10.6 Å². The second-order valence-corrected chi connectivity index (χ2v) is 6.78. The topological polar surface area (TPSA) is 148 Å². The number of amides is 2. The Bertz CT molecular complexity index is 964. The molecular weight excluding hydrogens is 425 g/mol. The molecule has 170 valence electrons. The van der Waals surface area contributed by atoms with Crippen molar-refractivity contribution in [3.63, 3.8) is 0 Å². The fourth-order valence-corrected chi connectivity index (χ4v) is 2.84. The van der Waals surface area contributed by atoms with Gasteiger partial charge in [-0.15, -0.1) is 0 Å². The molecule has 0 fully saturated rings. The van der Waals surface area contributed by atoms with Crippen LogP contribution >= 0.6 is 0 Å². The van der Waals surface area contributed by atoms with E-state index >= 15 is 0 Å². The molecule has 10 nitrogen and oxygen atoms in total. The molecule has 0 radical (unpaired) electrons. The van der Waals surface area contributed by atoms with E-state index in [-0.39, 0.29) is 25.1 Å². The van der Waals surface area contributed by atoms with Crippen LogP contribution in [0.25, 0.3) is 0 Å². The minimum Gasteiger partial charge on any atom is -0.480 e. The zero-order chi connectivity index (χ0) is 23.7. The fourth-order valence-electron chi connectivity index (χ4n) is 2.84. The molecule has 2 rings (SSSR count). The Balaban J connectivity index is 2.16. The predicted octanol–water partition coefficient (Wildman–Crippen LogP) is 2.20. The molecule has 11 heteroatoms. The third kappa shape index (κ3) is 7.35. The van der Waals surface area contributed by atoms with E-state index < -0.39 is 40.8 Å². The number of carbonyl (C=O) groups is 3. The van der Waals surface area contributed by atoms with Crippen LogP contribution in [0, 0.1) is 15.9 Å². The zero-order valence-electron chi connectivity index (χ0n) is 17.1. The van der Waals surface area contributed by atoms with Gasteiger partial charge in [0, 0.05) is 25.0 Å². The Morgan fingerprint density at radius 2 is 1.53 bits per heavy atom. The summed E-state index contributed by atoms with van der Waals surface area (Å²) in [5.74, 6) is -2.58. The highest BCUT2D eigenvalue weighted by Crippen LogP contribution is 2.14. The van der Waals surface area contributed by atoms with Crippen LogP contribution in [0.3, 0.4) is 0 Å². The number of alkyl carbamates (subject to hydrolysis) is 1. The van der Waals surface area contributed by atoms with Crippen molar-refractivity contribution in [2.24, 2.45) is 0 Å². The van der Waals surface area contributed by atoms with E-state index in [4.69, 9.17) is 4.74 Å². The summed E-state index contributed by atoms with van der Waals surface area (Å²) >= 11 is 0. The first kappa shape index (κ1) is 24.3. The van der Waals surface area contributed by atoms with Gasteiger partial charge in [-0.05, 0) is 30.2 Å². The van der Waals surface area contributed by atoms with Crippen molar-refractivity contribution in [3.05, 3.63) is 75.6 Å². The maximum absolute atomic E-state index is 13.1. The smallest absolute Gasteiger partial charge is 0.407 e. The number of carboxylic acids is 1. The maximum Gasteiger partial charge on any atom is 0.407 e. The van der Waals surface area contributed by atoms with Crippen molar-refractivity contribution in [2.45, 2.75) is 31.8 Å². The molecule has 0 aliphatic rings. The molecule has 0 heterocycles. The second-order valence-electron chi connectivity index (χ2n) is 6.78. The number of benzene rings is 2. The summed E-state index contributed by atoms with van der Waals surface area (Å²) in [5.41, 5.74) is 0.848. The Morgan fingerprint density at radius 1 is 1.00 bits per heavy atom. The highest BCUT2D eigenvalue weighted by molar-refractivity contribution is 5.89. The minimum absolute atomic E-state index is 0.0556. The minimum atomic E-state index is -1.34. The lowest BCUT2D eigenvalue weighted by atomic mass is 10.0. The van der Waals surface area contributed by atoms with Crippen molar-refractivity contribution < 1.29 is 33.5 Å². The number of carboxylic acid groups (broad SMARTS) is 1. The molecule has 2 atom stereocenters. The number of nitro groups is 1. The predicted molar refractivity (Wildman–Crippen MR) is 110 cm³/mol. The van der Waals surface area contributed by atoms with Gasteiger partial charge in [0.1, 0.15) is 17.9 Å². The normalized spacial score (nSPS) is 12.3. The van der Waals surface area contributed by atoms with Crippen LogP contribution in [0.15, 0.2) is 48.5 Å². The largest absolute Gasteiger partial charge is 0.480 e. The van der Waals surface area contributed by atoms with Crippen LogP contribution < -0.4 is 10.6 Å². The Morgan fingerprint density at radius 3 is 2.03 bits per heavy atom. The Labute approximate surface area is 182 Å². The first-order valence-electron chi connectivity index (χ1n) is 9.63. The van der Waals surface area contributed by atoms with Gasteiger partial charge >= 0.3 is 12.1 Å². The molecule has 0 saturated heterocycles. The number of halogens is 1. The first-order chi connectivity index (χ1) is 15.2. The van der Waals surface area contributed by atoms with E-state index in [9.17, 15) is 34.0 Å². The molecule has 0 aliphatic carbocycles. The highest BCUT2D eigenvalue weighted by atomic mass is 19.1. The number of nitrogens with zero attached hydrogens (tertiary/aromatic N) is 1. The standard InChI is InChI=1S/C21H22FN3O7/c1-2-32-21(29)24-17(11-14-5-9-16(10-6-14)25(30)31)19(26)23-18(20(27)28)12-13-3-7-15(22)8-4-13/h3-10,17-18H,2,11-12H2,1H3,(H,23,26)(H,24,29)(H,27,28). The number of nitro benzene ring substituents is 1. The molecule has 2 aromatic carbocycles. The molecule has 2 unspecified atom stereocenters. The summed E-state index contributed by atoms with van der Waals surface area (Å²) in [6, 6.07) is 7.99. The Hall–Kier alpha value is -4.02. The van der Waals surface area contributed by atoms with E-state index in [2.05, 4.69) is 10.6 Å². The zero-order valence-corrected chi connectivity index (χ0v) is 17.1. The van der Waals surface area contributed by atoms with Gasteiger partial charge in [0.15, 0.2) is 0 Å². The van der Waals surface area contributed by atoms with Crippen LogP contribution in [-0.2, 0) is 27.2 Å². The lowest BCUT2D eigenvalue weighted by Crippen LogP contribution is -2.53. The second kappa shape index (κ2) is 11.4. The summed E-state index contributed by atoms with van der Waals surface area (Å²) in [4.78, 5) is 46.6. The number of hydrogen-bond donors (Lipinski definition) is 3. The first-order valence-corrected chi connectivity index (χ1v) is 9.63. The van der Waals surface area contributed by atoms with Gasteiger partial charge in [-0.1, -0.05) is 24.3 Å². The molecule has 2 aromatic rings.